The summed E-state index contributed by atoms with van der Waals surface area (Å²) in [4.78, 5) is 16.1. The maximum absolute atomic E-state index is 13.3. The van der Waals surface area contributed by atoms with E-state index in [1.54, 1.807) is 13.8 Å². The van der Waals surface area contributed by atoms with E-state index in [4.69, 9.17) is 4.74 Å². The largest absolute Gasteiger partial charge is 0.494 e. The molecule has 0 fully saturated rings. The van der Waals surface area contributed by atoms with Crippen molar-refractivity contribution >= 4 is 5.91 Å². The monoisotopic (exact) mass is 279 g/mol. The summed E-state index contributed by atoms with van der Waals surface area (Å²) in [5.74, 6) is -0.561. The zero-order valence-corrected chi connectivity index (χ0v) is 11.3. The lowest BCUT2D eigenvalue weighted by atomic mass is 10.0. The van der Waals surface area contributed by atoms with Crippen LogP contribution in [-0.2, 0) is 5.54 Å². The number of rotatable bonds is 4. The number of nitrogens with zero attached hydrogens (tertiary/aromatic N) is 2. The SMILES string of the molecule is COc1cc(C(=O)NC(C)(C)c2ncon2)ccc1F. The number of methoxy groups -OCH3 is 1. The Hall–Kier alpha value is -2.44. The van der Waals surface area contributed by atoms with E-state index in [9.17, 15) is 9.18 Å². The van der Waals surface area contributed by atoms with Crippen molar-refractivity contribution in [2.24, 2.45) is 0 Å². The topological polar surface area (TPSA) is 77.2 Å². The number of nitrogens with one attached hydrogen (secondary N) is 1. The Labute approximate surface area is 114 Å². The summed E-state index contributed by atoms with van der Waals surface area (Å²) in [6.07, 6.45) is 1.18. The van der Waals surface area contributed by atoms with Crippen LogP contribution in [0.5, 0.6) is 5.75 Å². The molecule has 6 nitrogen and oxygen atoms in total. The summed E-state index contributed by atoms with van der Waals surface area (Å²) < 4.78 is 22.8. The van der Waals surface area contributed by atoms with Crippen molar-refractivity contribution in [1.29, 1.82) is 0 Å². The molecule has 0 spiro atoms. The van der Waals surface area contributed by atoms with E-state index >= 15 is 0 Å². The Kier molecular flexibility index (Phi) is 3.69. The molecule has 2 aromatic rings. The quantitative estimate of drug-likeness (QED) is 0.924. The van der Waals surface area contributed by atoms with Gasteiger partial charge in [-0.25, -0.2) is 4.39 Å². The van der Waals surface area contributed by atoms with Gasteiger partial charge in [-0.2, -0.15) is 4.98 Å². The van der Waals surface area contributed by atoms with Gasteiger partial charge in [-0.3, -0.25) is 4.79 Å². The number of carbonyl (C=O) groups excluding carboxylic acids is 1. The zero-order chi connectivity index (χ0) is 14.8. The van der Waals surface area contributed by atoms with Crippen LogP contribution in [0.4, 0.5) is 4.39 Å². The van der Waals surface area contributed by atoms with Crippen molar-refractivity contribution in [3.8, 4) is 5.75 Å². The number of halogens is 1. The summed E-state index contributed by atoms with van der Waals surface area (Å²) in [6, 6.07) is 3.88. The number of benzene rings is 1. The van der Waals surface area contributed by atoms with Crippen LogP contribution in [0.25, 0.3) is 0 Å². The second-order valence-corrected chi connectivity index (χ2v) is 4.68. The van der Waals surface area contributed by atoms with E-state index < -0.39 is 17.3 Å². The molecule has 2 rings (SSSR count). The maximum Gasteiger partial charge on any atom is 0.252 e. The lowest BCUT2D eigenvalue weighted by molar-refractivity contribution is 0.0907. The number of aromatic nitrogens is 2. The molecule has 0 saturated carbocycles. The van der Waals surface area contributed by atoms with E-state index in [0.717, 1.165) is 0 Å². The van der Waals surface area contributed by atoms with Crippen LogP contribution in [0.3, 0.4) is 0 Å². The smallest absolute Gasteiger partial charge is 0.252 e. The molecule has 1 heterocycles. The Balaban J connectivity index is 2.20. The van der Waals surface area contributed by atoms with Crippen molar-refractivity contribution in [3.63, 3.8) is 0 Å². The number of ether oxygens (including phenoxy) is 1. The van der Waals surface area contributed by atoms with Crippen LogP contribution < -0.4 is 10.1 Å². The molecule has 1 amide bonds. The van der Waals surface area contributed by atoms with Crippen LogP contribution in [0.1, 0.15) is 30.0 Å². The summed E-state index contributed by atoms with van der Waals surface area (Å²) in [5, 5.41) is 6.44. The Morgan fingerprint density at radius 3 is 2.80 bits per heavy atom. The molecular weight excluding hydrogens is 265 g/mol. The van der Waals surface area contributed by atoms with Gasteiger partial charge in [-0.15, -0.1) is 0 Å². The highest BCUT2D eigenvalue weighted by Crippen LogP contribution is 2.20. The minimum atomic E-state index is -0.814. The fourth-order valence-corrected chi connectivity index (χ4v) is 1.66. The average molecular weight is 279 g/mol. The normalized spacial score (nSPS) is 11.2. The molecule has 1 aromatic carbocycles. The second-order valence-electron chi connectivity index (χ2n) is 4.68. The second kappa shape index (κ2) is 5.28. The molecule has 0 unspecified atom stereocenters. The van der Waals surface area contributed by atoms with E-state index in [1.807, 2.05) is 0 Å². The maximum atomic E-state index is 13.3. The van der Waals surface area contributed by atoms with E-state index in [2.05, 4.69) is 20.0 Å². The molecule has 0 aliphatic rings. The van der Waals surface area contributed by atoms with E-state index in [1.165, 1.54) is 31.7 Å². The molecule has 0 aliphatic carbocycles. The highest BCUT2D eigenvalue weighted by Gasteiger charge is 2.28. The molecule has 20 heavy (non-hydrogen) atoms. The van der Waals surface area contributed by atoms with Crippen molar-refractivity contribution in [3.05, 3.63) is 41.8 Å². The van der Waals surface area contributed by atoms with Crippen LogP contribution in [0.2, 0.25) is 0 Å². The molecular formula is C13H14FN3O3. The molecule has 0 bridgehead atoms. The molecule has 7 heteroatoms. The highest BCUT2D eigenvalue weighted by molar-refractivity contribution is 5.95. The summed E-state index contributed by atoms with van der Waals surface area (Å²) in [7, 11) is 1.34. The van der Waals surface area contributed by atoms with Gasteiger partial charge in [0.1, 0.15) is 0 Å². The predicted molar refractivity (Wildman–Crippen MR) is 67.7 cm³/mol. The summed E-state index contributed by atoms with van der Waals surface area (Å²) in [5.41, 5.74) is -0.536. The third-order valence-corrected chi connectivity index (χ3v) is 2.76. The fourth-order valence-electron chi connectivity index (χ4n) is 1.66. The fraction of sp³-hybridized carbons (Fsp3) is 0.308. The number of hydrogen-bond acceptors (Lipinski definition) is 5. The van der Waals surface area contributed by atoms with Gasteiger partial charge in [0, 0.05) is 5.56 Å². The minimum Gasteiger partial charge on any atom is -0.494 e. The van der Waals surface area contributed by atoms with Gasteiger partial charge in [-0.1, -0.05) is 5.16 Å². The molecule has 1 aromatic heterocycles. The van der Waals surface area contributed by atoms with Crippen molar-refractivity contribution < 1.29 is 18.4 Å². The first-order valence-electron chi connectivity index (χ1n) is 5.87. The van der Waals surface area contributed by atoms with Gasteiger partial charge in [0.25, 0.3) is 5.91 Å². The van der Waals surface area contributed by atoms with E-state index in [0.29, 0.717) is 5.82 Å². The Morgan fingerprint density at radius 1 is 1.45 bits per heavy atom. The summed E-state index contributed by atoms with van der Waals surface area (Å²) in [6.45, 7) is 3.47. The van der Waals surface area contributed by atoms with Gasteiger partial charge in [0.05, 0.1) is 12.6 Å². The molecule has 106 valence electrons. The van der Waals surface area contributed by atoms with Gasteiger partial charge in [0.2, 0.25) is 6.39 Å². The molecule has 1 N–H and O–H groups in total. The first-order chi connectivity index (χ1) is 9.44. The van der Waals surface area contributed by atoms with Gasteiger partial charge in [-0.05, 0) is 32.0 Å². The molecule has 0 aliphatic heterocycles. The minimum absolute atomic E-state index is 0.00928. The molecule has 0 radical (unpaired) electrons. The van der Waals surface area contributed by atoms with Crippen molar-refractivity contribution in [1.82, 2.24) is 15.5 Å². The van der Waals surface area contributed by atoms with E-state index in [-0.39, 0.29) is 11.3 Å². The van der Waals surface area contributed by atoms with Crippen LogP contribution in [-0.4, -0.2) is 23.2 Å². The summed E-state index contributed by atoms with van der Waals surface area (Å²) >= 11 is 0. The zero-order valence-electron chi connectivity index (χ0n) is 11.3. The predicted octanol–water partition coefficient (Wildman–Crippen LogP) is 1.88. The first kappa shape index (κ1) is 14.0. The first-order valence-corrected chi connectivity index (χ1v) is 5.87. The number of amides is 1. The lowest BCUT2D eigenvalue weighted by Crippen LogP contribution is -2.41. The van der Waals surface area contributed by atoms with Gasteiger partial charge >= 0.3 is 0 Å². The number of hydrogen-bond donors (Lipinski definition) is 1. The standard InChI is InChI=1S/C13H14FN3O3/c1-13(2,12-15-7-20-17-12)16-11(18)8-4-5-9(14)10(6-8)19-3/h4-7H,1-3H3,(H,16,18). The Morgan fingerprint density at radius 2 is 2.20 bits per heavy atom. The third-order valence-electron chi connectivity index (χ3n) is 2.76. The van der Waals surface area contributed by atoms with Crippen molar-refractivity contribution in [2.75, 3.05) is 7.11 Å². The molecule has 0 saturated heterocycles. The lowest BCUT2D eigenvalue weighted by Gasteiger charge is -2.22. The van der Waals surface area contributed by atoms with Gasteiger partial charge < -0.3 is 14.6 Å². The van der Waals surface area contributed by atoms with Crippen LogP contribution in [0.15, 0.2) is 29.1 Å². The van der Waals surface area contributed by atoms with Crippen LogP contribution >= 0.6 is 0 Å². The third kappa shape index (κ3) is 2.76. The number of carbonyl (C=O) groups is 1. The Bertz CT molecular complexity index is 611. The molecule has 0 atom stereocenters. The highest BCUT2D eigenvalue weighted by atomic mass is 19.1. The van der Waals surface area contributed by atoms with Gasteiger partial charge in [0.15, 0.2) is 17.4 Å². The average Bonchev–Trinajstić information content (AvgIpc) is 2.93. The van der Waals surface area contributed by atoms with Crippen LogP contribution in [0, 0.1) is 5.82 Å². The van der Waals surface area contributed by atoms with Crippen molar-refractivity contribution in [2.45, 2.75) is 19.4 Å².